The maximum atomic E-state index is 5.60. The summed E-state index contributed by atoms with van der Waals surface area (Å²) in [6.45, 7) is 7.88. The van der Waals surface area contributed by atoms with Crippen LogP contribution in [0.5, 0.6) is 0 Å². The molecule has 0 aromatic heterocycles. The van der Waals surface area contributed by atoms with Crippen LogP contribution in [-0.2, 0) is 0 Å². The molecule has 3 heteroatoms. The van der Waals surface area contributed by atoms with Crippen molar-refractivity contribution < 1.29 is 0 Å². The Morgan fingerprint density at radius 2 is 1.87 bits per heavy atom. The Balaban J connectivity index is 2.30. The second-order valence-corrected chi connectivity index (χ2v) is 4.51. The van der Waals surface area contributed by atoms with Crippen molar-refractivity contribution in [3.05, 3.63) is 0 Å². The largest absolute Gasteiger partial charge is 0.330 e. The number of nitrogens with zero attached hydrogens (tertiary/aromatic N) is 1. The first-order valence-electron chi connectivity index (χ1n) is 6.53. The van der Waals surface area contributed by atoms with Crippen LogP contribution < -0.4 is 11.1 Å². The predicted octanol–water partition coefficient (Wildman–Crippen LogP) is 1.19. The van der Waals surface area contributed by atoms with Gasteiger partial charge in [-0.05, 0) is 25.8 Å². The molecule has 1 fully saturated rings. The van der Waals surface area contributed by atoms with Crippen LogP contribution in [0.3, 0.4) is 0 Å². The van der Waals surface area contributed by atoms with E-state index >= 15 is 0 Å². The molecule has 0 aromatic rings. The van der Waals surface area contributed by atoms with Gasteiger partial charge in [0, 0.05) is 32.2 Å². The summed E-state index contributed by atoms with van der Waals surface area (Å²) < 4.78 is 0. The number of unbranched alkanes of at least 4 members (excludes halogenated alkanes) is 1. The first-order valence-corrected chi connectivity index (χ1v) is 6.53. The fourth-order valence-electron chi connectivity index (χ4n) is 2.35. The Morgan fingerprint density at radius 3 is 2.47 bits per heavy atom. The van der Waals surface area contributed by atoms with E-state index in [1.807, 2.05) is 0 Å². The summed E-state index contributed by atoms with van der Waals surface area (Å²) in [6.07, 6.45) is 6.50. The van der Waals surface area contributed by atoms with Crippen molar-refractivity contribution in [3.8, 4) is 0 Å². The summed E-state index contributed by atoms with van der Waals surface area (Å²) in [5, 5.41) is 3.42. The normalized spacial score (nSPS) is 20.4. The Morgan fingerprint density at radius 1 is 1.20 bits per heavy atom. The molecular weight excluding hydrogens is 186 g/mol. The number of hydrogen-bond acceptors (Lipinski definition) is 3. The minimum Gasteiger partial charge on any atom is -0.330 e. The average molecular weight is 213 g/mol. The molecule has 0 aromatic carbocycles. The molecule has 0 radical (unpaired) electrons. The van der Waals surface area contributed by atoms with Crippen LogP contribution in [0.1, 0.15) is 39.0 Å². The molecule has 1 rings (SSSR count). The van der Waals surface area contributed by atoms with Gasteiger partial charge in [-0.2, -0.15) is 0 Å². The summed E-state index contributed by atoms with van der Waals surface area (Å²) in [7, 11) is 0. The zero-order valence-electron chi connectivity index (χ0n) is 10.2. The number of hydrogen-bond donors (Lipinski definition) is 2. The monoisotopic (exact) mass is 213 g/mol. The van der Waals surface area contributed by atoms with Crippen LogP contribution in [-0.4, -0.2) is 43.7 Å². The van der Waals surface area contributed by atoms with Gasteiger partial charge in [-0.1, -0.05) is 19.8 Å². The Kier molecular flexibility index (Phi) is 6.98. The molecule has 0 saturated carbocycles. The molecule has 1 aliphatic rings. The summed E-state index contributed by atoms with van der Waals surface area (Å²) in [5.74, 6) is 0. The van der Waals surface area contributed by atoms with Gasteiger partial charge in [0.1, 0.15) is 0 Å². The SMILES string of the molecule is CCCCC(CCCN)N1CCNCC1. The highest BCUT2D eigenvalue weighted by Gasteiger charge is 2.18. The van der Waals surface area contributed by atoms with Crippen molar-refractivity contribution in [3.63, 3.8) is 0 Å². The van der Waals surface area contributed by atoms with E-state index in [9.17, 15) is 0 Å². The fourth-order valence-corrected chi connectivity index (χ4v) is 2.35. The van der Waals surface area contributed by atoms with Crippen LogP contribution in [0.4, 0.5) is 0 Å². The van der Waals surface area contributed by atoms with E-state index in [-0.39, 0.29) is 0 Å². The molecule has 3 N–H and O–H groups in total. The van der Waals surface area contributed by atoms with E-state index in [4.69, 9.17) is 5.73 Å². The third-order valence-corrected chi connectivity index (χ3v) is 3.30. The lowest BCUT2D eigenvalue weighted by Crippen LogP contribution is -2.48. The van der Waals surface area contributed by atoms with E-state index < -0.39 is 0 Å². The molecule has 1 atom stereocenters. The highest BCUT2D eigenvalue weighted by molar-refractivity contribution is 4.76. The topological polar surface area (TPSA) is 41.3 Å². The molecule has 90 valence electrons. The van der Waals surface area contributed by atoms with Crippen molar-refractivity contribution in [2.24, 2.45) is 5.73 Å². The van der Waals surface area contributed by atoms with Gasteiger partial charge in [0.15, 0.2) is 0 Å². The molecule has 0 spiro atoms. The minimum absolute atomic E-state index is 0.788. The molecule has 0 aliphatic carbocycles. The third kappa shape index (κ3) is 4.96. The smallest absolute Gasteiger partial charge is 0.0110 e. The molecule has 0 amide bonds. The molecule has 1 unspecified atom stereocenters. The van der Waals surface area contributed by atoms with Gasteiger partial charge >= 0.3 is 0 Å². The Hall–Kier alpha value is -0.120. The maximum absolute atomic E-state index is 5.60. The van der Waals surface area contributed by atoms with Crippen molar-refractivity contribution in [1.29, 1.82) is 0 Å². The summed E-state index contributed by atoms with van der Waals surface area (Å²) in [4.78, 5) is 2.65. The van der Waals surface area contributed by atoms with Gasteiger partial charge < -0.3 is 11.1 Å². The van der Waals surface area contributed by atoms with Crippen molar-refractivity contribution in [2.45, 2.75) is 45.1 Å². The zero-order chi connectivity index (χ0) is 10.9. The fraction of sp³-hybridized carbons (Fsp3) is 1.00. The zero-order valence-corrected chi connectivity index (χ0v) is 10.2. The number of piperazine rings is 1. The van der Waals surface area contributed by atoms with Gasteiger partial charge in [-0.25, -0.2) is 0 Å². The molecule has 1 heterocycles. The third-order valence-electron chi connectivity index (χ3n) is 3.30. The maximum Gasteiger partial charge on any atom is 0.0110 e. The van der Waals surface area contributed by atoms with Crippen LogP contribution >= 0.6 is 0 Å². The lowest BCUT2D eigenvalue weighted by Gasteiger charge is -2.35. The van der Waals surface area contributed by atoms with Gasteiger partial charge in [-0.3, -0.25) is 4.90 Å². The quantitative estimate of drug-likeness (QED) is 0.667. The van der Waals surface area contributed by atoms with E-state index in [2.05, 4.69) is 17.1 Å². The van der Waals surface area contributed by atoms with Gasteiger partial charge in [0.05, 0.1) is 0 Å². The molecule has 15 heavy (non-hydrogen) atoms. The van der Waals surface area contributed by atoms with Crippen molar-refractivity contribution >= 4 is 0 Å². The highest BCUT2D eigenvalue weighted by atomic mass is 15.2. The van der Waals surface area contributed by atoms with Crippen molar-refractivity contribution in [2.75, 3.05) is 32.7 Å². The lowest BCUT2D eigenvalue weighted by atomic mass is 10.0. The second kappa shape index (κ2) is 8.08. The number of nitrogens with two attached hydrogens (primary N) is 1. The molecular formula is C12H27N3. The van der Waals surface area contributed by atoms with Crippen LogP contribution in [0.25, 0.3) is 0 Å². The minimum atomic E-state index is 0.788. The van der Waals surface area contributed by atoms with Gasteiger partial charge in [0.25, 0.3) is 0 Å². The summed E-state index contributed by atoms with van der Waals surface area (Å²) in [5.41, 5.74) is 5.60. The first-order chi connectivity index (χ1) is 7.38. The Labute approximate surface area is 94.4 Å². The summed E-state index contributed by atoms with van der Waals surface area (Å²) >= 11 is 0. The van der Waals surface area contributed by atoms with E-state index in [1.54, 1.807) is 0 Å². The van der Waals surface area contributed by atoms with Crippen molar-refractivity contribution in [1.82, 2.24) is 10.2 Å². The van der Waals surface area contributed by atoms with E-state index in [0.717, 1.165) is 25.7 Å². The summed E-state index contributed by atoms with van der Waals surface area (Å²) in [6, 6.07) is 0.788. The molecule has 1 aliphatic heterocycles. The number of rotatable bonds is 7. The van der Waals surface area contributed by atoms with Gasteiger partial charge in [-0.15, -0.1) is 0 Å². The van der Waals surface area contributed by atoms with E-state index in [1.165, 1.54) is 45.2 Å². The average Bonchev–Trinajstić information content (AvgIpc) is 2.30. The first kappa shape index (κ1) is 12.9. The highest BCUT2D eigenvalue weighted by Crippen LogP contribution is 2.14. The number of nitrogens with one attached hydrogen (secondary N) is 1. The standard InChI is InChI=1S/C12H27N3/c1-2-3-5-12(6-4-7-13)15-10-8-14-9-11-15/h12,14H,2-11,13H2,1H3. The molecule has 0 bridgehead atoms. The second-order valence-electron chi connectivity index (χ2n) is 4.51. The van der Waals surface area contributed by atoms with E-state index in [0.29, 0.717) is 0 Å². The van der Waals surface area contributed by atoms with Crippen LogP contribution in [0.15, 0.2) is 0 Å². The molecule has 1 saturated heterocycles. The van der Waals surface area contributed by atoms with Crippen LogP contribution in [0.2, 0.25) is 0 Å². The Bertz CT molecular complexity index is 136. The molecule has 3 nitrogen and oxygen atoms in total. The lowest BCUT2D eigenvalue weighted by molar-refractivity contribution is 0.153. The van der Waals surface area contributed by atoms with Gasteiger partial charge in [0.2, 0.25) is 0 Å². The predicted molar refractivity (Wildman–Crippen MR) is 66.0 cm³/mol. The van der Waals surface area contributed by atoms with Crippen LogP contribution in [0, 0.1) is 0 Å².